The van der Waals surface area contributed by atoms with Crippen molar-refractivity contribution < 1.29 is 18.4 Å². The largest absolute Gasteiger partial charge is 0.366 e. The number of aromatic nitrogens is 6. The highest BCUT2D eigenvalue weighted by atomic mass is 35.5. The molecule has 192 valence electrons. The zero-order chi connectivity index (χ0) is 26.6. The Morgan fingerprint density at radius 1 is 1.16 bits per heavy atom. The number of amides is 2. The Balaban J connectivity index is 1.33. The van der Waals surface area contributed by atoms with Gasteiger partial charge < -0.3 is 15.6 Å². The molecule has 2 aromatic heterocycles. The van der Waals surface area contributed by atoms with Crippen LogP contribution in [0.25, 0.3) is 22.5 Å². The lowest BCUT2D eigenvalue weighted by atomic mass is 9.92. The molecule has 0 spiro atoms. The minimum absolute atomic E-state index is 0.0762. The second-order valence-electron chi connectivity index (χ2n) is 9.09. The number of tetrazole rings is 1. The zero-order valence-electron chi connectivity index (χ0n) is 19.6. The first-order valence-electron chi connectivity index (χ1n) is 11.7. The van der Waals surface area contributed by atoms with Gasteiger partial charge in [0.05, 0.1) is 34.2 Å². The van der Waals surface area contributed by atoms with Gasteiger partial charge in [-0.2, -0.15) is 4.68 Å². The standard InChI is InChI=1S/C25H19ClF2N8O2/c26-16-5-7-18(35-11-31-33-34-35)21(23(16)28)12-8-13-4-6-19(36(13)20(37)9-12)25-30-10-17(32-25)14-2-1-3-15(22(14)27)24(29)38/h1-3,5,7,9-11,13,19H,4,6,8H2,(H2,29,38)(H,30,32)/t13-,19+/m1/s1. The molecule has 4 heterocycles. The molecule has 13 heteroatoms. The smallest absolute Gasteiger partial charge is 0.251 e. The van der Waals surface area contributed by atoms with Crippen LogP contribution in [0.1, 0.15) is 47.1 Å². The summed E-state index contributed by atoms with van der Waals surface area (Å²) in [5.41, 5.74) is 6.58. The molecular formula is C25H19ClF2N8O2. The number of fused-ring (bicyclic) bond motifs is 1. The van der Waals surface area contributed by atoms with Crippen LogP contribution < -0.4 is 5.73 Å². The molecule has 2 aliphatic rings. The summed E-state index contributed by atoms with van der Waals surface area (Å²) < 4.78 is 31.4. The predicted octanol–water partition coefficient (Wildman–Crippen LogP) is 3.60. The van der Waals surface area contributed by atoms with Gasteiger partial charge in [-0.15, -0.1) is 5.10 Å². The summed E-state index contributed by atoms with van der Waals surface area (Å²) in [5.74, 6) is -2.09. The van der Waals surface area contributed by atoms with Crippen molar-refractivity contribution in [1.29, 1.82) is 0 Å². The second kappa shape index (κ2) is 9.14. The summed E-state index contributed by atoms with van der Waals surface area (Å²) in [6.07, 6.45) is 5.84. The lowest BCUT2D eigenvalue weighted by Crippen LogP contribution is -2.39. The van der Waals surface area contributed by atoms with Gasteiger partial charge in [-0.1, -0.05) is 17.7 Å². The molecule has 3 N–H and O–H groups in total. The molecule has 0 saturated carbocycles. The van der Waals surface area contributed by atoms with Gasteiger partial charge in [-0.3, -0.25) is 9.59 Å². The number of halogens is 3. The molecule has 10 nitrogen and oxygen atoms in total. The molecular weight excluding hydrogens is 518 g/mol. The van der Waals surface area contributed by atoms with Gasteiger partial charge >= 0.3 is 0 Å². The van der Waals surface area contributed by atoms with Crippen LogP contribution in [-0.2, 0) is 4.79 Å². The summed E-state index contributed by atoms with van der Waals surface area (Å²) in [6.45, 7) is 0. The van der Waals surface area contributed by atoms with Gasteiger partial charge in [-0.05, 0) is 59.5 Å². The fourth-order valence-electron chi connectivity index (χ4n) is 5.28. The molecule has 1 saturated heterocycles. The van der Waals surface area contributed by atoms with E-state index in [1.807, 2.05) is 0 Å². The van der Waals surface area contributed by atoms with Crippen LogP contribution >= 0.6 is 11.6 Å². The number of imidazole rings is 1. The summed E-state index contributed by atoms with van der Waals surface area (Å²) in [7, 11) is 0. The van der Waals surface area contributed by atoms with E-state index in [0.29, 0.717) is 42.0 Å². The maximum absolute atomic E-state index is 15.3. The van der Waals surface area contributed by atoms with Crippen molar-refractivity contribution >= 4 is 29.0 Å². The number of hydrogen-bond acceptors (Lipinski definition) is 6. The molecule has 0 aliphatic carbocycles. The number of hydrogen-bond donors (Lipinski definition) is 2. The van der Waals surface area contributed by atoms with Gasteiger partial charge in [0.2, 0.25) is 5.91 Å². The second-order valence-corrected chi connectivity index (χ2v) is 9.50. The number of nitrogens with two attached hydrogens (primary N) is 1. The molecule has 2 atom stereocenters. The number of primary amides is 1. The molecule has 0 radical (unpaired) electrons. The van der Waals surface area contributed by atoms with Crippen LogP contribution in [0.5, 0.6) is 0 Å². The van der Waals surface area contributed by atoms with Gasteiger partial charge in [-0.25, -0.2) is 13.8 Å². The number of nitrogens with one attached hydrogen (secondary N) is 1. The van der Waals surface area contributed by atoms with Crippen LogP contribution in [0.4, 0.5) is 8.78 Å². The van der Waals surface area contributed by atoms with Crippen LogP contribution in [0.15, 0.2) is 48.9 Å². The third-order valence-electron chi connectivity index (χ3n) is 6.97. The van der Waals surface area contributed by atoms with Crippen molar-refractivity contribution in [1.82, 2.24) is 35.1 Å². The fraction of sp³-hybridized carbons (Fsp3) is 0.200. The van der Waals surface area contributed by atoms with E-state index in [4.69, 9.17) is 17.3 Å². The van der Waals surface area contributed by atoms with E-state index in [1.54, 1.807) is 11.0 Å². The summed E-state index contributed by atoms with van der Waals surface area (Å²) in [4.78, 5) is 34.1. The molecule has 0 bridgehead atoms. The summed E-state index contributed by atoms with van der Waals surface area (Å²) >= 11 is 6.09. The molecule has 4 aromatic rings. The fourth-order valence-corrected chi connectivity index (χ4v) is 5.44. The molecule has 2 amide bonds. The Morgan fingerprint density at radius 3 is 2.76 bits per heavy atom. The Labute approximate surface area is 219 Å². The average Bonchev–Trinajstić information content (AvgIpc) is 3.66. The Hall–Kier alpha value is -4.45. The first kappa shape index (κ1) is 23.9. The molecule has 1 fully saturated rings. The van der Waals surface area contributed by atoms with Crippen LogP contribution in [-0.4, -0.2) is 52.9 Å². The number of carbonyl (C=O) groups excluding carboxylic acids is 2. The molecule has 0 unspecified atom stereocenters. The normalized spacial score (nSPS) is 19.0. The first-order chi connectivity index (χ1) is 18.3. The third-order valence-corrected chi connectivity index (χ3v) is 7.26. The van der Waals surface area contributed by atoms with Gasteiger partial charge in [0.1, 0.15) is 18.0 Å². The quantitative estimate of drug-likeness (QED) is 0.400. The Morgan fingerprint density at radius 2 is 2.00 bits per heavy atom. The molecule has 2 aliphatic heterocycles. The number of carbonyl (C=O) groups is 2. The Bertz CT molecular complexity index is 1620. The van der Waals surface area contributed by atoms with Gasteiger partial charge in [0.15, 0.2) is 5.82 Å². The van der Waals surface area contributed by atoms with Crippen molar-refractivity contribution in [2.45, 2.75) is 31.3 Å². The summed E-state index contributed by atoms with van der Waals surface area (Å²) in [6, 6.07) is 6.77. The van der Waals surface area contributed by atoms with Crippen LogP contribution in [0.2, 0.25) is 5.02 Å². The molecule has 38 heavy (non-hydrogen) atoms. The predicted molar refractivity (Wildman–Crippen MR) is 132 cm³/mol. The molecule has 6 rings (SSSR count). The van der Waals surface area contributed by atoms with E-state index in [-0.39, 0.29) is 39.7 Å². The minimum Gasteiger partial charge on any atom is -0.366 e. The lowest BCUT2D eigenvalue weighted by molar-refractivity contribution is -0.129. The van der Waals surface area contributed by atoms with E-state index in [9.17, 15) is 14.0 Å². The third kappa shape index (κ3) is 3.84. The first-order valence-corrected chi connectivity index (χ1v) is 12.1. The van der Waals surface area contributed by atoms with Crippen molar-refractivity contribution in [3.63, 3.8) is 0 Å². The van der Waals surface area contributed by atoms with Crippen molar-refractivity contribution in [3.05, 3.63) is 82.5 Å². The number of nitrogens with zero attached hydrogens (tertiary/aromatic N) is 6. The Kier molecular flexibility index (Phi) is 5.75. The van der Waals surface area contributed by atoms with Crippen LogP contribution in [0.3, 0.4) is 0 Å². The molecule has 2 aromatic carbocycles. The highest BCUT2D eigenvalue weighted by molar-refractivity contribution is 6.31. The summed E-state index contributed by atoms with van der Waals surface area (Å²) in [5, 5.41) is 11.0. The van der Waals surface area contributed by atoms with Crippen molar-refractivity contribution in [3.8, 4) is 16.9 Å². The van der Waals surface area contributed by atoms with E-state index in [0.717, 1.165) is 0 Å². The maximum atomic E-state index is 15.3. The topological polar surface area (TPSA) is 136 Å². The zero-order valence-corrected chi connectivity index (χ0v) is 20.4. The van der Waals surface area contributed by atoms with Crippen LogP contribution in [0, 0.1) is 11.6 Å². The number of rotatable bonds is 5. The van der Waals surface area contributed by atoms with Crippen molar-refractivity contribution in [2.75, 3.05) is 0 Å². The average molecular weight is 537 g/mol. The highest BCUT2D eigenvalue weighted by Crippen LogP contribution is 2.44. The minimum atomic E-state index is -0.872. The maximum Gasteiger partial charge on any atom is 0.251 e. The van der Waals surface area contributed by atoms with E-state index >= 15 is 4.39 Å². The van der Waals surface area contributed by atoms with Crippen molar-refractivity contribution in [2.24, 2.45) is 5.73 Å². The number of benzene rings is 2. The number of H-pyrrole nitrogens is 1. The highest BCUT2D eigenvalue weighted by Gasteiger charge is 2.42. The van der Waals surface area contributed by atoms with E-state index in [2.05, 4.69) is 25.5 Å². The van der Waals surface area contributed by atoms with E-state index < -0.39 is 17.5 Å². The van der Waals surface area contributed by atoms with E-state index in [1.165, 1.54) is 47.5 Å². The van der Waals surface area contributed by atoms with Gasteiger partial charge in [0.25, 0.3) is 5.91 Å². The van der Waals surface area contributed by atoms with Gasteiger partial charge in [0, 0.05) is 23.2 Å². The number of aromatic amines is 1. The monoisotopic (exact) mass is 536 g/mol. The SMILES string of the molecule is NC(=O)c1cccc(-c2cnc([C@@H]3CC[C@@H]4CC(c5c(-n6cnnn6)ccc(Cl)c5F)=CC(=O)N43)[nH]2)c1F. The lowest BCUT2D eigenvalue weighted by Gasteiger charge is -2.33.